The van der Waals surface area contributed by atoms with Gasteiger partial charge < -0.3 is 14.8 Å². The molecule has 4 nitrogen and oxygen atoms in total. The zero-order chi connectivity index (χ0) is 18.3. The van der Waals surface area contributed by atoms with Gasteiger partial charge in [0.15, 0.2) is 5.11 Å². The van der Waals surface area contributed by atoms with Crippen LogP contribution in [0.3, 0.4) is 0 Å². The van der Waals surface area contributed by atoms with Crippen molar-refractivity contribution in [3.63, 3.8) is 0 Å². The van der Waals surface area contributed by atoms with Crippen molar-refractivity contribution in [3.05, 3.63) is 63.6 Å². The van der Waals surface area contributed by atoms with Crippen molar-refractivity contribution in [1.82, 2.24) is 9.47 Å². The van der Waals surface area contributed by atoms with Crippen LogP contribution < -0.4 is 10.9 Å². The summed E-state index contributed by atoms with van der Waals surface area (Å²) in [6.45, 7) is 6.88. The summed E-state index contributed by atoms with van der Waals surface area (Å²) < 4.78 is 1.96. The number of fused-ring (bicyclic) bond motifs is 4. The van der Waals surface area contributed by atoms with Crippen molar-refractivity contribution in [2.24, 2.45) is 5.92 Å². The van der Waals surface area contributed by atoms with Crippen molar-refractivity contribution >= 4 is 23.0 Å². The van der Waals surface area contributed by atoms with E-state index in [1.807, 2.05) is 10.6 Å². The van der Waals surface area contributed by atoms with E-state index in [0.29, 0.717) is 11.8 Å². The number of hydrogen-bond acceptors (Lipinski definition) is 2. The fourth-order valence-electron chi connectivity index (χ4n) is 4.45. The summed E-state index contributed by atoms with van der Waals surface area (Å²) in [5, 5.41) is 4.31. The molecule has 1 aromatic heterocycles. The van der Waals surface area contributed by atoms with Gasteiger partial charge in [-0.25, -0.2) is 0 Å². The van der Waals surface area contributed by atoms with Gasteiger partial charge >= 0.3 is 0 Å². The third kappa shape index (κ3) is 3.05. The number of pyridine rings is 1. The first-order chi connectivity index (χ1) is 12.6. The molecule has 136 valence electrons. The number of benzene rings is 1. The quantitative estimate of drug-likeness (QED) is 0.824. The highest BCUT2D eigenvalue weighted by Crippen LogP contribution is 2.35. The number of hydrogen-bond donors (Lipinski definition) is 1. The van der Waals surface area contributed by atoms with E-state index in [-0.39, 0.29) is 5.56 Å². The Morgan fingerprint density at radius 3 is 2.81 bits per heavy atom. The number of anilines is 1. The van der Waals surface area contributed by atoms with E-state index >= 15 is 0 Å². The second kappa shape index (κ2) is 6.88. The summed E-state index contributed by atoms with van der Waals surface area (Å²) in [5.41, 5.74) is 4.94. The molecule has 2 atom stereocenters. The lowest BCUT2D eigenvalue weighted by Crippen LogP contribution is -2.50. The molecule has 2 aliphatic rings. The molecule has 3 heterocycles. The van der Waals surface area contributed by atoms with E-state index in [1.165, 1.54) is 11.1 Å². The summed E-state index contributed by atoms with van der Waals surface area (Å²) in [6, 6.07) is 12.0. The molecule has 0 amide bonds. The number of aromatic nitrogens is 1. The molecule has 1 N–H and O–H groups in total. The first-order valence-corrected chi connectivity index (χ1v) is 9.81. The lowest BCUT2D eigenvalue weighted by Gasteiger charge is -2.43. The number of aryl methyl sites for hydroxylation is 2. The lowest BCUT2D eigenvalue weighted by molar-refractivity contribution is 0.180. The van der Waals surface area contributed by atoms with E-state index in [1.54, 1.807) is 6.07 Å². The highest BCUT2D eigenvalue weighted by molar-refractivity contribution is 7.80. The molecule has 2 aromatic rings. The zero-order valence-electron chi connectivity index (χ0n) is 15.4. The minimum atomic E-state index is 0.124. The standard InChI is InChI=1S/C21H25N3OS/c1-3-16-7-4-6-14(2)20(16)22-21(26)23-11-15-10-17(13-23)18-8-5-9-19(25)24(18)12-15/h4-9,15,17H,3,10-13H2,1-2H3,(H,22,26)/t15-,17-/m0/s1. The number of nitrogens with zero attached hydrogens (tertiary/aromatic N) is 2. The molecule has 1 fully saturated rings. The molecule has 0 unspecified atom stereocenters. The lowest BCUT2D eigenvalue weighted by atomic mass is 9.83. The van der Waals surface area contributed by atoms with Gasteiger partial charge in [-0.3, -0.25) is 4.79 Å². The molecular formula is C21H25N3OS. The second-order valence-corrected chi connectivity index (χ2v) is 7.88. The zero-order valence-corrected chi connectivity index (χ0v) is 16.2. The molecule has 1 saturated heterocycles. The van der Waals surface area contributed by atoms with E-state index in [9.17, 15) is 4.79 Å². The normalized spacial score (nSPS) is 21.2. The van der Waals surface area contributed by atoms with Gasteiger partial charge in [0.1, 0.15) is 0 Å². The number of nitrogens with one attached hydrogen (secondary N) is 1. The molecule has 2 aliphatic heterocycles. The molecule has 4 rings (SSSR count). The minimum Gasteiger partial charge on any atom is -0.348 e. The molecular weight excluding hydrogens is 342 g/mol. The highest BCUT2D eigenvalue weighted by Gasteiger charge is 2.35. The Bertz CT molecular complexity index is 904. The molecule has 2 bridgehead atoms. The SMILES string of the molecule is CCc1cccc(C)c1NC(=S)N1C[C@@H]2C[C@@H](C1)c1cccc(=O)n1C2. The van der Waals surface area contributed by atoms with Crippen molar-refractivity contribution < 1.29 is 0 Å². The predicted octanol–water partition coefficient (Wildman–Crippen LogP) is 3.54. The third-order valence-electron chi connectivity index (χ3n) is 5.74. The van der Waals surface area contributed by atoms with Crippen LogP contribution >= 0.6 is 12.2 Å². The Labute approximate surface area is 159 Å². The van der Waals surface area contributed by atoms with Gasteiger partial charge in [0.05, 0.1) is 0 Å². The van der Waals surface area contributed by atoms with Gasteiger partial charge in [-0.2, -0.15) is 0 Å². The Kier molecular flexibility index (Phi) is 4.57. The summed E-state index contributed by atoms with van der Waals surface area (Å²) in [5.74, 6) is 0.849. The molecule has 0 radical (unpaired) electrons. The van der Waals surface area contributed by atoms with Gasteiger partial charge in [-0.15, -0.1) is 0 Å². The van der Waals surface area contributed by atoms with Crippen LogP contribution in [0.5, 0.6) is 0 Å². The number of rotatable bonds is 2. The first-order valence-electron chi connectivity index (χ1n) is 9.41. The highest BCUT2D eigenvalue weighted by atomic mass is 32.1. The summed E-state index contributed by atoms with van der Waals surface area (Å²) in [4.78, 5) is 14.5. The summed E-state index contributed by atoms with van der Waals surface area (Å²) in [7, 11) is 0. The van der Waals surface area contributed by atoms with Crippen molar-refractivity contribution in [2.75, 3.05) is 18.4 Å². The van der Waals surface area contributed by atoms with Gasteiger partial charge in [-0.05, 0) is 55.1 Å². The minimum absolute atomic E-state index is 0.124. The van der Waals surface area contributed by atoms with Crippen LogP contribution in [0, 0.1) is 12.8 Å². The molecule has 26 heavy (non-hydrogen) atoms. The van der Waals surface area contributed by atoms with Crippen LogP contribution in [-0.4, -0.2) is 27.7 Å². The fourth-order valence-corrected chi connectivity index (χ4v) is 4.70. The Morgan fingerprint density at radius 1 is 1.19 bits per heavy atom. The van der Waals surface area contributed by atoms with Gasteiger partial charge in [0, 0.05) is 43.0 Å². The smallest absolute Gasteiger partial charge is 0.250 e. The molecule has 5 heteroatoms. The van der Waals surface area contributed by atoms with E-state index in [2.05, 4.69) is 48.3 Å². The van der Waals surface area contributed by atoms with Crippen LogP contribution in [0.4, 0.5) is 5.69 Å². The molecule has 0 saturated carbocycles. The second-order valence-electron chi connectivity index (χ2n) is 7.50. The first kappa shape index (κ1) is 17.3. The Hall–Kier alpha value is -2.14. The topological polar surface area (TPSA) is 37.3 Å². The Morgan fingerprint density at radius 2 is 2.00 bits per heavy atom. The largest absolute Gasteiger partial charge is 0.348 e. The van der Waals surface area contributed by atoms with Crippen LogP contribution in [0.2, 0.25) is 0 Å². The van der Waals surface area contributed by atoms with Crippen LogP contribution in [-0.2, 0) is 13.0 Å². The number of para-hydroxylation sites is 1. The van der Waals surface area contributed by atoms with Gasteiger partial charge in [0.2, 0.25) is 0 Å². The molecule has 0 spiro atoms. The van der Waals surface area contributed by atoms with E-state index in [4.69, 9.17) is 12.2 Å². The van der Waals surface area contributed by atoms with Gasteiger partial charge in [-0.1, -0.05) is 31.2 Å². The number of likely N-dealkylation sites (tertiary alicyclic amines) is 1. The van der Waals surface area contributed by atoms with Crippen LogP contribution in [0.1, 0.15) is 36.1 Å². The number of piperidine rings is 1. The monoisotopic (exact) mass is 367 g/mol. The maximum atomic E-state index is 12.2. The van der Waals surface area contributed by atoms with Crippen molar-refractivity contribution in [1.29, 1.82) is 0 Å². The van der Waals surface area contributed by atoms with Crippen LogP contribution in [0.15, 0.2) is 41.2 Å². The Balaban J connectivity index is 1.56. The van der Waals surface area contributed by atoms with Crippen LogP contribution in [0.25, 0.3) is 0 Å². The predicted molar refractivity (Wildman–Crippen MR) is 110 cm³/mol. The van der Waals surface area contributed by atoms with Gasteiger partial charge in [0.25, 0.3) is 5.56 Å². The van der Waals surface area contributed by atoms with E-state index < -0.39 is 0 Å². The molecule has 0 aliphatic carbocycles. The number of thiocarbonyl (C=S) groups is 1. The van der Waals surface area contributed by atoms with Crippen molar-refractivity contribution in [3.8, 4) is 0 Å². The average Bonchev–Trinajstić information content (AvgIpc) is 2.64. The maximum Gasteiger partial charge on any atom is 0.250 e. The summed E-state index contributed by atoms with van der Waals surface area (Å²) >= 11 is 5.77. The fraction of sp³-hybridized carbons (Fsp3) is 0.429. The summed E-state index contributed by atoms with van der Waals surface area (Å²) in [6.07, 6.45) is 2.13. The average molecular weight is 368 g/mol. The van der Waals surface area contributed by atoms with Crippen molar-refractivity contribution in [2.45, 2.75) is 39.2 Å². The molecule has 1 aromatic carbocycles. The van der Waals surface area contributed by atoms with E-state index in [0.717, 1.165) is 49.0 Å². The maximum absolute atomic E-state index is 12.2. The third-order valence-corrected chi connectivity index (χ3v) is 6.10.